The molecule has 4 rings (SSSR count). The van der Waals surface area contributed by atoms with Crippen molar-refractivity contribution in [1.82, 2.24) is 9.88 Å². The number of nitrogens with two attached hydrogens (primary N) is 1. The number of hydrogen-bond donors (Lipinski definition) is 2. The molecule has 0 spiro atoms. The summed E-state index contributed by atoms with van der Waals surface area (Å²) in [5.41, 5.74) is 8.95. The lowest BCUT2D eigenvalue weighted by Gasteiger charge is -2.36. The largest absolute Gasteiger partial charge is 0.490 e. The van der Waals surface area contributed by atoms with E-state index in [-0.39, 0.29) is 11.7 Å². The van der Waals surface area contributed by atoms with E-state index in [1.807, 2.05) is 47.4 Å². The highest BCUT2D eigenvalue weighted by atomic mass is 32.1. The zero-order valence-corrected chi connectivity index (χ0v) is 18.8. The number of aromatic nitrogens is 1. The number of benzene rings is 2. The monoisotopic (exact) mass is 494 g/mol. The molecule has 12 heteroatoms. The van der Waals surface area contributed by atoms with Crippen molar-refractivity contribution in [3.63, 3.8) is 0 Å². The van der Waals surface area contributed by atoms with Gasteiger partial charge in [0.25, 0.3) is 5.91 Å². The van der Waals surface area contributed by atoms with Crippen LogP contribution in [0.15, 0.2) is 42.5 Å². The molecule has 3 N–H and O–H groups in total. The van der Waals surface area contributed by atoms with Gasteiger partial charge < -0.3 is 20.6 Å². The van der Waals surface area contributed by atoms with E-state index >= 15 is 0 Å². The van der Waals surface area contributed by atoms with Crippen LogP contribution in [0.1, 0.15) is 27.6 Å². The molecule has 1 aliphatic rings. The third kappa shape index (κ3) is 6.01. The Kier molecular flexibility index (Phi) is 7.40. The summed E-state index contributed by atoms with van der Waals surface area (Å²) in [5.74, 6) is -2.67. The number of rotatable bonds is 3. The molecular weight excluding hydrogens is 473 g/mol. The van der Waals surface area contributed by atoms with Crippen molar-refractivity contribution < 1.29 is 32.7 Å². The van der Waals surface area contributed by atoms with Crippen LogP contribution in [-0.2, 0) is 4.79 Å². The van der Waals surface area contributed by atoms with Crippen LogP contribution in [0.5, 0.6) is 0 Å². The first kappa shape index (κ1) is 25.0. The lowest BCUT2D eigenvalue weighted by Crippen LogP contribution is -2.48. The number of piperazine rings is 1. The van der Waals surface area contributed by atoms with Crippen LogP contribution in [0.25, 0.3) is 10.2 Å². The number of carboxylic acids is 1. The number of carbonyl (C=O) groups excluding carboxylic acids is 2. The van der Waals surface area contributed by atoms with Crippen LogP contribution in [0.3, 0.4) is 0 Å². The van der Waals surface area contributed by atoms with Gasteiger partial charge in [0.15, 0.2) is 10.9 Å². The minimum Gasteiger partial charge on any atom is -0.475 e. The first-order chi connectivity index (χ1) is 16.0. The number of carboxylic acid groups (broad SMARTS) is 1. The molecule has 1 fully saturated rings. The van der Waals surface area contributed by atoms with Crippen molar-refractivity contribution in [2.24, 2.45) is 0 Å². The first-order valence-electron chi connectivity index (χ1n) is 10.1. The van der Waals surface area contributed by atoms with Crippen LogP contribution in [0.2, 0.25) is 0 Å². The summed E-state index contributed by atoms with van der Waals surface area (Å²) in [4.78, 5) is 41.5. The summed E-state index contributed by atoms with van der Waals surface area (Å²) in [6.45, 7) is 4.40. The molecule has 34 heavy (non-hydrogen) atoms. The number of ketones is 1. The zero-order chi connectivity index (χ0) is 25.0. The number of thiazole rings is 1. The van der Waals surface area contributed by atoms with Gasteiger partial charge in [-0.05, 0) is 49.4 Å². The van der Waals surface area contributed by atoms with Crippen molar-refractivity contribution in [2.75, 3.05) is 36.8 Å². The van der Waals surface area contributed by atoms with Gasteiger partial charge in [0.2, 0.25) is 0 Å². The molecule has 3 aromatic rings. The molecule has 8 nitrogen and oxygen atoms in total. The SMILES string of the molecule is CC(=O)c1ccc(N2CCN(C(=O)c3ccc4sc(N)nc4c3)CC2)cc1.O=C(O)C(F)(F)F. The summed E-state index contributed by atoms with van der Waals surface area (Å²) in [6, 6.07) is 13.2. The molecule has 1 amide bonds. The van der Waals surface area contributed by atoms with E-state index in [0.717, 1.165) is 29.0 Å². The molecule has 1 aromatic heterocycles. The van der Waals surface area contributed by atoms with Crippen LogP contribution in [-0.4, -0.2) is 65.0 Å². The molecule has 1 saturated heterocycles. The normalized spacial score (nSPS) is 13.9. The number of halogens is 3. The molecule has 0 bridgehead atoms. The van der Waals surface area contributed by atoms with Gasteiger partial charge in [-0.2, -0.15) is 13.2 Å². The summed E-state index contributed by atoms with van der Waals surface area (Å²) in [7, 11) is 0. The second-order valence-electron chi connectivity index (χ2n) is 7.42. The predicted molar refractivity (Wildman–Crippen MR) is 122 cm³/mol. The van der Waals surface area contributed by atoms with Crippen LogP contribution in [0, 0.1) is 0 Å². The summed E-state index contributed by atoms with van der Waals surface area (Å²) in [6.07, 6.45) is -5.08. The number of anilines is 2. The number of aliphatic carboxylic acids is 1. The van der Waals surface area contributed by atoms with Crippen molar-refractivity contribution in [3.05, 3.63) is 53.6 Å². The Hall–Kier alpha value is -3.67. The fraction of sp³-hybridized carbons (Fsp3) is 0.273. The van der Waals surface area contributed by atoms with Gasteiger partial charge in [0.1, 0.15) is 0 Å². The second-order valence-corrected chi connectivity index (χ2v) is 8.48. The Bertz CT molecular complexity index is 1200. The van der Waals surface area contributed by atoms with Crippen LogP contribution < -0.4 is 10.6 Å². The van der Waals surface area contributed by atoms with Gasteiger partial charge in [-0.1, -0.05) is 11.3 Å². The molecule has 0 atom stereocenters. The lowest BCUT2D eigenvalue weighted by atomic mass is 10.1. The average Bonchev–Trinajstić information content (AvgIpc) is 3.17. The van der Waals surface area contributed by atoms with Gasteiger partial charge in [-0.15, -0.1) is 0 Å². The fourth-order valence-corrected chi connectivity index (χ4v) is 4.05. The fourth-order valence-electron chi connectivity index (χ4n) is 3.34. The number of fused-ring (bicyclic) bond motifs is 1. The van der Waals surface area contributed by atoms with E-state index in [1.165, 1.54) is 11.3 Å². The number of amides is 1. The van der Waals surface area contributed by atoms with E-state index in [2.05, 4.69) is 9.88 Å². The highest BCUT2D eigenvalue weighted by Crippen LogP contribution is 2.25. The first-order valence-corrected chi connectivity index (χ1v) is 10.9. The van der Waals surface area contributed by atoms with E-state index in [9.17, 15) is 22.8 Å². The quantitative estimate of drug-likeness (QED) is 0.534. The maximum atomic E-state index is 12.8. The molecule has 180 valence electrons. The van der Waals surface area contributed by atoms with Gasteiger partial charge >= 0.3 is 12.1 Å². The lowest BCUT2D eigenvalue weighted by molar-refractivity contribution is -0.192. The summed E-state index contributed by atoms with van der Waals surface area (Å²) >= 11 is 1.42. The zero-order valence-electron chi connectivity index (χ0n) is 18.0. The van der Waals surface area contributed by atoms with Crippen LogP contribution >= 0.6 is 11.3 Å². The third-order valence-electron chi connectivity index (χ3n) is 5.10. The minimum absolute atomic E-state index is 0.0232. The van der Waals surface area contributed by atoms with E-state index in [1.54, 1.807) is 6.92 Å². The maximum Gasteiger partial charge on any atom is 0.490 e. The molecule has 0 radical (unpaired) electrons. The highest BCUT2D eigenvalue weighted by Gasteiger charge is 2.38. The number of alkyl halides is 3. The van der Waals surface area contributed by atoms with Crippen molar-refractivity contribution in [2.45, 2.75) is 13.1 Å². The number of nitrogens with zero attached hydrogens (tertiary/aromatic N) is 3. The Morgan fingerprint density at radius 1 is 1.00 bits per heavy atom. The predicted octanol–water partition coefficient (Wildman–Crippen LogP) is 3.68. The van der Waals surface area contributed by atoms with Crippen molar-refractivity contribution in [1.29, 1.82) is 0 Å². The molecule has 1 aliphatic heterocycles. The highest BCUT2D eigenvalue weighted by molar-refractivity contribution is 7.22. The summed E-state index contributed by atoms with van der Waals surface area (Å²) in [5, 5.41) is 7.64. The molecular formula is C22H21F3N4O4S. The molecule has 0 aliphatic carbocycles. The van der Waals surface area contributed by atoms with E-state index in [4.69, 9.17) is 15.6 Å². The standard InChI is InChI=1S/C20H20N4O2S.C2HF3O2/c1-13(25)14-2-5-16(6-3-14)23-8-10-24(11-9-23)19(26)15-4-7-18-17(12-15)22-20(21)27-18;3-2(4,5)1(6)7/h2-7,12H,8-11H2,1H3,(H2,21,22);(H,6,7). The van der Waals surface area contributed by atoms with E-state index < -0.39 is 12.1 Å². The average molecular weight is 494 g/mol. The second kappa shape index (κ2) is 10.1. The van der Waals surface area contributed by atoms with E-state index in [0.29, 0.717) is 29.3 Å². The number of Topliss-reactive ketones (excluding diaryl/α,β-unsaturated/α-hetero) is 1. The Balaban J connectivity index is 0.000000406. The van der Waals surface area contributed by atoms with Crippen LogP contribution in [0.4, 0.5) is 24.0 Å². The van der Waals surface area contributed by atoms with Crippen molar-refractivity contribution >= 4 is 50.0 Å². The minimum atomic E-state index is -5.08. The topological polar surface area (TPSA) is 117 Å². The Labute approximate surface area is 196 Å². The smallest absolute Gasteiger partial charge is 0.475 e. The third-order valence-corrected chi connectivity index (χ3v) is 5.96. The Morgan fingerprint density at radius 2 is 1.56 bits per heavy atom. The maximum absolute atomic E-state index is 12.8. The molecule has 2 aromatic carbocycles. The number of hydrogen-bond acceptors (Lipinski definition) is 7. The van der Waals surface area contributed by atoms with Crippen molar-refractivity contribution in [3.8, 4) is 0 Å². The summed E-state index contributed by atoms with van der Waals surface area (Å²) < 4.78 is 32.7. The van der Waals surface area contributed by atoms with Gasteiger partial charge in [-0.3, -0.25) is 9.59 Å². The molecule has 0 saturated carbocycles. The van der Waals surface area contributed by atoms with Gasteiger partial charge in [-0.25, -0.2) is 9.78 Å². The number of carbonyl (C=O) groups is 3. The van der Waals surface area contributed by atoms with Gasteiger partial charge in [0.05, 0.1) is 10.2 Å². The molecule has 0 unspecified atom stereocenters. The molecule has 2 heterocycles. The Morgan fingerprint density at radius 3 is 2.09 bits per heavy atom. The number of nitrogen functional groups attached to an aromatic ring is 1. The van der Waals surface area contributed by atoms with Gasteiger partial charge in [0, 0.05) is 43.0 Å².